The maximum absolute atomic E-state index is 13.4. The monoisotopic (exact) mass is 480 g/mol. The molecule has 0 spiro atoms. The summed E-state index contributed by atoms with van der Waals surface area (Å²) >= 11 is 0. The van der Waals surface area contributed by atoms with Gasteiger partial charge >= 0.3 is 12.1 Å². The van der Waals surface area contributed by atoms with Gasteiger partial charge in [-0.1, -0.05) is 18.2 Å². The highest BCUT2D eigenvalue weighted by Gasteiger charge is 2.32. The van der Waals surface area contributed by atoms with Gasteiger partial charge in [-0.2, -0.15) is 13.2 Å². The van der Waals surface area contributed by atoms with Gasteiger partial charge in [-0.05, 0) is 59.2 Å². The molecule has 0 aliphatic carbocycles. The highest BCUT2D eigenvalue weighted by atomic mass is 32.2. The molecule has 0 saturated heterocycles. The number of hydrogen-bond donors (Lipinski definition) is 1. The molecule has 3 aromatic rings. The van der Waals surface area contributed by atoms with Gasteiger partial charge < -0.3 is 14.6 Å². The lowest BCUT2D eigenvalue weighted by Gasteiger charge is -2.16. The molecular weight excluding hydrogens is 461 g/mol. The van der Waals surface area contributed by atoms with Crippen LogP contribution in [0.25, 0.3) is 11.1 Å². The van der Waals surface area contributed by atoms with E-state index in [1.54, 1.807) is 24.3 Å². The number of methoxy groups -OCH3 is 2. The van der Waals surface area contributed by atoms with Crippen LogP contribution in [0.3, 0.4) is 0 Å². The molecule has 0 amide bonds. The Balaban J connectivity index is 2.16. The first-order valence-corrected chi connectivity index (χ1v) is 11.1. The zero-order valence-electron chi connectivity index (χ0n) is 17.5. The van der Waals surface area contributed by atoms with Crippen molar-refractivity contribution < 1.29 is 41.0 Å². The first kappa shape index (κ1) is 24.1. The van der Waals surface area contributed by atoms with Gasteiger partial charge in [0.05, 0.1) is 31.1 Å². The van der Waals surface area contributed by atoms with E-state index in [4.69, 9.17) is 9.47 Å². The van der Waals surface area contributed by atoms with Crippen LogP contribution in [0.5, 0.6) is 11.5 Å². The predicted molar refractivity (Wildman–Crippen MR) is 114 cm³/mol. The summed E-state index contributed by atoms with van der Waals surface area (Å²) in [5, 5.41) is 9.22. The third-order valence-corrected chi connectivity index (χ3v) is 6.60. The molecule has 0 aliphatic heterocycles. The third-order valence-electron chi connectivity index (χ3n) is 4.92. The number of sulfone groups is 1. The number of alkyl halides is 3. The Morgan fingerprint density at radius 2 is 1.61 bits per heavy atom. The molecule has 6 nitrogen and oxygen atoms in total. The van der Waals surface area contributed by atoms with E-state index in [0.29, 0.717) is 11.3 Å². The van der Waals surface area contributed by atoms with Crippen LogP contribution in [-0.2, 0) is 21.8 Å². The average molecular weight is 480 g/mol. The van der Waals surface area contributed by atoms with Gasteiger partial charge in [-0.3, -0.25) is 0 Å². The fourth-order valence-corrected chi connectivity index (χ4v) is 4.85. The van der Waals surface area contributed by atoms with E-state index in [9.17, 15) is 31.5 Å². The minimum Gasteiger partial charge on any atom is -0.497 e. The fourth-order valence-electron chi connectivity index (χ4n) is 3.28. The Hall–Kier alpha value is -3.53. The van der Waals surface area contributed by atoms with Crippen molar-refractivity contribution in [2.75, 3.05) is 14.2 Å². The molecule has 0 unspecified atom stereocenters. The molecule has 0 radical (unpaired) electrons. The molecular formula is C23H19F3O6S. The zero-order valence-corrected chi connectivity index (χ0v) is 18.3. The van der Waals surface area contributed by atoms with Gasteiger partial charge in [0.1, 0.15) is 16.4 Å². The minimum absolute atomic E-state index is 0.0993. The number of hydrogen-bond acceptors (Lipinski definition) is 5. The van der Waals surface area contributed by atoms with E-state index in [0.717, 1.165) is 18.2 Å². The van der Waals surface area contributed by atoms with Gasteiger partial charge in [0, 0.05) is 0 Å². The standard InChI is InChI=1S/C23H19F3O6S/c1-31-18-7-3-14(4-8-18)19-9-6-17(23(24,25)26)11-16(19)13-33(29,30)21-12-15(22(27)28)5-10-20(21)32-2/h3-12H,13H2,1-2H3,(H,27,28). The summed E-state index contributed by atoms with van der Waals surface area (Å²) in [7, 11) is -1.63. The molecule has 0 saturated carbocycles. The second-order valence-electron chi connectivity index (χ2n) is 7.03. The topological polar surface area (TPSA) is 89.9 Å². The Morgan fingerprint density at radius 1 is 0.939 bits per heavy atom. The molecule has 10 heteroatoms. The second kappa shape index (κ2) is 9.14. The molecule has 3 rings (SSSR count). The Bertz CT molecular complexity index is 1280. The molecule has 174 valence electrons. The van der Waals surface area contributed by atoms with Crippen LogP contribution in [0, 0.1) is 0 Å². The molecule has 1 N–H and O–H groups in total. The average Bonchev–Trinajstić information content (AvgIpc) is 2.77. The number of carboxylic acid groups (broad SMARTS) is 1. The molecule has 0 aromatic heterocycles. The lowest BCUT2D eigenvalue weighted by molar-refractivity contribution is -0.137. The van der Waals surface area contributed by atoms with Gasteiger partial charge in [-0.25, -0.2) is 13.2 Å². The second-order valence-corrected chi connectivity index (χ2v) is 8.99. The minimum atomic E-state index is -4.68. The van der Waals surface area contributed by atoms with Crippen molar-refractivity contribution >= 4 is 15.8 Å². The molecule has 33 heavy (non-hydrogen) atoms. The number of ether oxygens (including phenoxy) is 2. The number of carbonyl (C=O) groups is 1. The van der Waals surface area contributed by atoms with Crippen molar-refractivity contribution in [3.63, 3.8) is 0 Å². The van der Waals surface area contributed by atoms with E-state index < -0.39 is 38.2 Å². The number of halogens is 3. The molecule has 0 atom stereocenters. The largest absolute Gasteiger partial charge is 0.497 e. The molecule has 0 heterocycles. The van der Waals surface area contributed by atoms with Crippen molar-refractivity contribution in [1.29, 1.82) is 0 Å². The van der Waals surface area contributed by atoms with E-state index in [2.05, 4.69) is 0 Å². The van der Waals surface area contributed by atoms with Gasteiger partial charge in [0.25, 0.3) is 0 Å². The highest BCUT2D eigenvalue weighted by molar-refractivity contribution is 7.90. The van der Waals surface area contributed by atoms with E-state index >= 15 is 0 Å². The van der Waals surface area contributed by atoms with Crippen LogP contribution in [0.1, 0.15) is 21.5 Å². The van der Waals surface area contributed by atoms with Crippen molar-refractivity contribution in [3.05, 3.63) is 77.4 Å². The van der Waals surface area contributed by atoms with Crippen LogP contribution in [-0.4, -0.2) is 33.7 Å². The van der Waals surface area contributed by atoms with E-state index in [-0.39, 0.29) is 22.4 Å². The van der Waals surface area contributed by atoms with Crippen LogP contribution in [0.4, 0.5) is 13.2 Å². The predicted octanol–water partition coefficient (Wildman–Crippen LogP) is 5.06. The summed E-state index contributed by atoms with van der Waals surface area (Å²) in [4.78, 5) is 10.9. The van der Waals surface area contributed by atoms with Crippen molar-refractivity contribution in [1.82, 2.24) is 0 Å². The fraction of sp³-hybridized carbons (Fsp3) is 0.174. The van der Waals surface area contributed by atoms with E-state index in [1.165, 1.54) is 32.4 Å². The lowest BCUT2D eigenvalue weighted by atomic mass is 9.98. The quantitative estimate of drug-likeness (QED) is 0.508. The Kier molecular flexibility index (Phi) is 6.68. The van der Waals surface area contributed by atoms with Crippen molar-refractivity contribution in [2.24, 2.45) is 0 Å². The summed E-state index contributed by atoms with van der Waals surface area (Å²) in [6, 6.07) is 12.6. The zero-order chi connectivity index (χ0) is 24.4. The normalized spacial score (nSPS) is 11.8. The maximum Gasteiger partial charge on any atom is 0.416 e. The highest BCUT2D eigenvalue weighted by Crippen LogP contribution is 2.36. The summed E-state index contributed by atoms with van der Waals surface area (Å²) in [5.74, 6) is -1.75. The molecule has 0 fully saturated rings. The summed E-state index contributed by atoms with van der Waals surface area (Å²) in [5.41, 5.74) is -0.633. The lowest BCUT2D eigenvalue weighted by Crippen LogP contribution is -2.11. The smallest absolute Gasteiger partial charge is 0.416 e. The first-order chi connectivity index (χ1) is 15.5. The third kappa shape index (κ3) is 5.28. The van der Waals surface area contributed by atoms with Crippen molar-refractivity contribution in [2.45, 2.75) is 16.8 Å². The number of benzene rings is 3. The summed E-state index contributed by atoms with van der Waals surface area (Å²) in [6.45, 7) is 0. The Morgan fingerprint density at radius 3 is 2.15 bits per heavy atom. The van der Waals surface area contributed by atoms with Crippen LogP contribution in [0.2, 0.25) is 0 Å². The number of aromatic carboxylic acids is 1. The number of carboxylic acids is 1. The molecule has 0 aliphatic rings. The van der Waals surface area contributed by atoms with Crippen LogP contribution < -0.4 is 9.47 Å². The van der Waals surface area contributed by atoms with Gasteiger partial charge in [0.15, 0.2) is 9.84 Å². The van der Waals surface area contributed by atoms with Crippen LogP contribution in [0.15, 0.2) is 65.6 Å². The maximum atomic E-state index is 13.4. The molecule has 0 bridgehead atoms. The van der Waals surface area contributed by atoms with Gasteiger partial charge in [0.2, 0.25) is 0 Å². The van der Waals surface area contributed by atoms with Crippen molar-refractivity contribution in [3.8, 4) is 22.6 Å². The SMILES string of the molecule is COc1ccc(-c2ccc(C(F)(F)F)cc2CS(=O)(=O)c2cc(C(=O)O)ccc2OC)cc1. The molecule has 3 aromatic carbocycles. The summed E-state index contributed by atoms with van der Waals surface area (Å²) < 4.78 is 76.7. The first-order valence-electron chi connectivity index (χ1n) is 9.45. The number of rotatable bonds is 7. The van der Waals surface area contributed by atoms with Gasteiger partial charge in [-0.15, -0.1) is 0 Å². The van der Waals surface area contributed by atoms with E-state index in [1.807, 2.05) is 0 Å². The summed E-state index contributed by atoms with van der Waals surface area (Å²) in [6.07, 6.45) is -4.68. The van der Waals surface area contributed by atoms with Crippen LogP contribution >= 0.6 is 0 Å². The Labute approximate surface area is 188 Å².